The number of amides is 2. The number of hydrazine groups is 1. The Labute approximate surface area is 123 Å². The van der Waals surface area contributed by atoms with Crippen molar-refractivity contribution in [2.24, 2.45) is 0 Å². The Hall–Kier alpha value is -2.56. The lowest BCUT2D eigenvalue weighted by Crippen LogP contribution is -2.43. The standard InChI is InChI=1S/C16H18N2O3/c1-2-7-13(12-8-4-3-5-9-12)15(19)17-18-16(20)14-10-6-11-21-14/h3-6,8-11,13H,2,7H2,1H3,(H,17,19)(H,18,20)/t13-/m1/s1. The second kappa shape index (κ2) is 7.28. The molecule has 0 saturated heterocycles. The zero-order chi connectivity index (χ0) is 15.1. The van der Waals surface area contributed by atoms with Crippen LogP contribution in [0.1, 0.15) is 41.8 Å². The summed E-state index contributed by atoms with van der Waals surface area (Å²) in [5.74, 6) is -0.838. The predicted molar refractivity (Wildman–Crippen MR) is 78.4 cm³/mol. The number of carbonyl (C=O) groups is 2. The zero-order valence-electron chi connectivity index (χ0n) is 11.8. The molecule has 5 heteroatoms. The van der Waals surface area contributed by atoms with Crippen LogP contribution in [0.15, 0.2) is 53.1 Å². The Morgan fingerprint density at radius 2 is 1.86 bits per heavy atom. The molecule has 1 aromatic heterocycles. The molecule has 5 nitrogen and oxygen atoms in total. The van der Waals surface area contributed by atoms with E-state index in [1.54, 1.807) is 6.07 Å². The third-order valence-corrected chi connectivity index (χ3v) is 3.14. The van der Waals surface area contributed by atoms with Gasteiger partial charge in [0.1, 0.15) is 0 Å². The molecule has 1 aromatic carbocycles. The Morgan fingerprint density at radius 1 is 1.10 bits per heavy atom. The lowest BCUT2D eigenvalue weighted by Gasteiger charge is -2.16. The number of carbonyl (C=O) groups excluding carboxylic acids is 2. The summed E-state index contributed by atoms with van der Waals surface area (Å²) in [5.41, 5.74) is 5.75. The average Bonchev–Trinajstić information content (AvgIpc) is 3.05. The molecule has 1 atom stereocenters. The second-order valence-electron chi connectivity index (χ2n) is 4.67. The first kappa shape index (κ1) is 14.8. The molecule has 1 heterocycles. The van der Waals surface area contributed by atoms with Gasteiger partial charge in [-0.2, -0.15) is 0 Å². The summed E-state index contributed by atoms with van der Waals surface area (Å²) in [6.45, 7) is 2.02. The van der Waals surface area contributed by atoms with Crippen LogP contribution in [-0.4, -0.2) is 11.8 Å². The van der Waals surface area contributed by atoms with Crippen LogP contribution in [-0.2, 0) is 4.79 Å². The van der Waals surface area contributed by atoms with Crippen LogP contribution in [0.3, 0.4) is 0 Å². The van der Waals surface area contributed by atoms with Gasteiger partial charge in [-0.1, -0.05) is 43.7 Å². The van der Waals surface area contributed by atoms with Gasteiger partial charge in [0.15, 0.2) is 5.76 Å². The van der Waals surface area contributed by atoms with E-state index in [0.29, 0.717) is 6.42 Å². The molecular weight excluding hydrogens is 268 g/mol. The largest absolute Gasteiger partial charge is 0.459 e. The fraction of sp³-hybridized carbons (Fsp3) is 0.250. The first-order valence-corrected chi connectivity index (χ1v) is 6.91. The lowest BCUT2D eigenvalue weighted by molar-refractivity contribution is -0.123. The van der Waals surface area contributed by atoms with E-state index in [2.05, 4.69) is 10.9 Å². The SMILES string of the molecule is CCC[C@@H](C(=O)NNC(=O)c1ccco1)c1ccccc1. The highest BCUT2D eigenvalue weighted by Crippen LogP contribution is 2.20. The number of hydrogen-bond acceptors (Lipinski definition) is 3. The molecule has 0 aliphatic rings. The molecule has 0 aliphatic carbocycles. The monoisotopic (exact) mass is 286 g/mol. The van der Waals surface area contributed by atoms with Crippen molar-refractivity contribution in [3.63, 3.8) is 0 Å². The molecule has 2 rings (SSSR count). The van der Waals surface area contributed by atoms with E-state index in [1.165, 1.54) is 12.3 Å². The number of hydrogen-bond donors (Lipinski definition) is 2. The van der Waals surface area contributed by atoms with Crippen molar-refractivity contribution in [3.8, 4) is 0 Å². The summed E-state index contributed by atoms with van der Waals surface area (Å²) >= 11 is 0. The van der Waals surface area contributed by atoms with Gasteiger partial charge < -0.3 is 4.42 Å². The predicted octanol–water partition coefficient (Wildman–Crippen LogP) is 2.62. The van der Waals surface area contributed by atoms with Gasteiger partial charge in [-0.05, 0) is 24.1 Å². The third kappa shape index (κ3) is 3.95. The fourth-order valence-electron chi connectivity index (χ4n) is 2.10. The number of rotatable bonds is 5. The van der Waals surface area contributed by atoms with Crippen molar-refractivity contribution >= 4 is 11.8 Å². The van der Waals surface area contributed by atoms with Crippen molar-refractivity contribution in [1.82, 2.24) is 10.9 Å². The van der Waals surface area contributed by atoms with E-state index in [-0.39, 0.29) is 17.6 Å². The maximum absolute atomic E-state index is 12.3. The molecule has 0 spiro atoms. The minimum absolute atomic E-state index is 0.155. The molecule has 0 saturated carbocycles. The molecular formula is C16H18N2O3. The van der Waals surface area contributed by atoms with Gasteiger partial charge in [-0.15, -0.1) is 0 Å². The van der Waals surface area contributed by atoms with Crippen LogP contribution in [0.4, 0.5) is 0 Å². The minimum atomic E-state index is -0.475. The lowest BCUT2D eigenvalue weighted by atomic mass is 9.94. The van der Waals surface area contributed by atoms with Gasteiger partial charge in [0, 0.05) is 0 Å². The maximum Gasteiger partial charge on any atom is 0.305 e. The Kier molecular flexibility index (Phi) is 5.15. The van der Waals surface area contributed by atoms with E-state index in [0.717, 1.165) is 12.0 Å². The molecule has 2 N–H and O–H groups in total. The average molecular weight is 286 g/mol. The van der Waals surface area contributed by atoms with Gasteiger partial charge in [0.05, 0.1) is 12.2 Å². The van der Waals surface area contributed by atoms with Crippen molar-refractivity contribution in [3.05, 3.63) is 60.1 Å². The van der Waals surface area contributed by atoms with Crippen LogP contribution in [0.25, 0.3) is 0 Å². The summed E-state index contributed by atoms with van der Waals surface area (Å²) in [6.07, 6.45) is 2.99. The second-order valence-corrected chi connectivity index (χ2v) is 4.67. The topological polar surface area (TPSA) is 71.3 Å². The summed E-state index contributed by atoms with van der Waals surface area (Å²) in [4.78, 5) is 24.0. The van der Waals surface area contributed by atoms with E-state index in [1.807, 2.05) is 37.3 Å². The summed E-state index contributed by atoms with van der Waals surface area (Å²) in [5, 5.41) is 0. The highest BCUT2D eigenvalue weighted by molar-refractivity contribution is 5.93. The van der Waals surface area contributed by atoms with Crippen molar-refractivity contribution in [1.29, 1.82) is 0 Å². The van der Waals surface area contributed by atoms with Crippen molar-refractivity contribution in [2.45, 2.75) is 25.7 Å². The van der Waals surface area contributed by atoms with Crippen LogP contribution in [0.2, 0.25) is 0 Å². The van der Waals surface area contributed by atoms with Gasteiger partial charge in [-0.25, -0.2) is 0 Å². The molecule has 110 valence electrons. The molecule has 0 bridgehead atoms. The van der Waals surface area contributed by atoms with E-state index >= 15 is 0 Å². The molecule has 0 fully saturated rings. The smallest absolute Gasteiger partial charge is 0.305 e. The Morgan fingerprint density at radius 3 is 2.48 bits per heavy atom. The molecule has 21 heavy (non-hydrogen) atoms. The normalized spacial score (nSPS) is 11.7. The van der Waals surface area contributed by atoms with E-state index < -0.39 is 5.91 Å². The van der Waals surface area contributed by atoms with Crippen LogP contribution < -0.4 is 10.9 Å². The Bertz CT molecular complexity index is 579. The summed E-state index contributed by atoms with van der Waals surface area (Å²) in [6, 6.07) is 12.7. The van der Waals surface area contributed by atoms with Gasteiger partial charge in [0.2, 0.25) is 5.91 Å². The Balaban J connectivity index is 1.98. The van der Waals surface area contributed by atoms with Crippen molar-refractivity contribution < 1.29 is 14.0 Å². The molecule has 0 radical (unpaired) electrons. The number of furan rings is 1. The molecule has 0 unspecified atom stereocenters. The van der Waals surface area contributed by atoms with Crippen LogP contribution >= 0.6 is 0 Å². The molecule has 2 amide bonds. The van der Waals surface area contributed by atoms with Crippen LogP contribution in [0.5, 0.6) is 0 Å². The van der Waals surface area contributed by atoms with E-state index in [4.69, 9.17) is 4.42 Å². The number of nitrogens with one attached hydrogen (secondary N) is 2. The quantitative estimate of drug-likeness (QED) is 0.830. The fourth-order valence-corrected chi connectivity index (χ4v) is 2.10. The van der Waals surface area contributed by atoms with Crippen molar-refractivity contribution in [2.75, 3.05) is 0 Å². The van der Waals surface area contributed by atoms with Crippen LogP contribution in [0, 0.1) is 0 Å². The van der Waals surface area contributed by atoms with E-state index in [9.17, 15) is 9.59 Å². The van der Waals surface area contributed by atoms with Gasteiger partial charge >= 0.3 is 5.91 Å². The maximum atomic E-state index is 12.3. The highest BCUT2D eigenvalue weighted by atomic mass is 16.3. The summed E-state index contributed by atoms with van der Waals surface area (Å²) in [7, 11) is 0. The van der Waals surface area contributed by atoms with Gasteiger partial charge in [0.25, 0.3) is 0 Å². The molecule has 2 aromatic rings. The number of benzene rings is 1. The zero-order valence-corrected chi connectivity index (χ0v) is 11.8. The van der Waals surface area contributed by atoms with Gasteiger partial charge in [-0.3, -0.25) is 20.4 Å². The summed E-state index contributed by atoms with van der Waals surface area (Å²) < 4.78 is 4.96. The molecule has 0 aliphatic heterocycles. The first-order valence-electron chi connectivity index (χ1n) is 6.91. The third-order valence-electron chi connectivity index (χ3n) is 3.14. The highest BCUT2D eigenvalue weighted by Gasteiger charge is 2.20. The first-order chi connectivity index (χ1) is 10.2. The minimum Gasteiger partial charge on any atom is -0.459 e.